The third-order valence-electron chi connectivity index (χ3n) is 4.08. The number of fused-ring (bicyclic) bond motifs is 1. The van der Waals surface area contributed by atoms with Crippen LogP contribution in [0.3, 0.4) is 0 Å². The van der Waals surface area contributed by atoms with Crippen LogP contribution in [0.5, 0.6) is 0 Å². The SMILES string of the molecule is CO[C@](C(=O)O[C@@H](C)c1ccnc2ncnn12)(c1ccccc1)C(F)(F)F. The molecule has 0 bridgehead atoms. The van der Waals surface area contributed by atoms with Crippen molar-refractivity contribution in [3.8, 4) is 0 Å². The third-order valence-corrected chi connectivity index (χ3v) is 4.08. The molecule has 2 aromatic heterocycles. The second-order valence-electron chi connectivity index (χ2n) is 5.64. The third kappa shape index (κ3) is 3.12. The maximum atomic E-state index is 13.9. The summed E-state index contributed by atoms with van der Waals surface area (Å²) in [6, 6.07) is 8.09. The molecule has 0 N–H and O–H groups in total. The van der Waals surface area contributed by atoms with E-state index in [4.69, 9.17) is 9.47 Å². The number of esters is 1. The molecule has 3 rings (SSSR count). The number of halogens is 3. The van der Waals surface area contributed by atoms with Crippen LogP contribution in [0.15, 0.2) is 48.9 Å². The smallest absolute Gasteiger partial charge is 0.432 e. The normalized spacial score (nSPS) is 15.3. The molecule has 0 radical (unpaired) electrons. The van der Waals surface area contributed by atoms with Gasteiger partial charge in [0.2, 0.25) is 0 Å². The largest absolute Gasteiger partial charge is 0.453 e. The summed E-state index contributed by atoms with van der Waals surface area (Å²) in [5.41, 5.74) is -3.32. The fourth-order valence-electron chi connectivity index (χ4n) is 2.76. The van der Waals surface area contributed by atoms with Crippen molar-refractivity contribution in [1.82, 2.24) is 19.6 Å². The number of hydrogen-bond acceptors (Lipinski definition) is 6. The van der Waals surface area contributed by atoms with E-state index in [1.165, 1.54) is 48.2 Å². The van der Waals surface area contributed by atoms with Crippen LogP contribution in [0, 0.1) is 0 Å². The summed E-state index contributed by atoms with van der Waals surface area (Å²) in [5.74, 6) is -1.35. The molecule has 2 heterocycles. The summed E-state index contributed by atoms with van der Waals surface area (Å²) in [6.45, 7) is 1.43. The first-order valence-electron chi connectivity index (χ1n) is 7.84. The quantitative estimate of drug-likeness (QED) is 0.634. The fraction of sp³-hybridized carbons (Fsp3) is 0.294. The Balaban J connectivity index is 1.99. The summed E-state index contributed by atoms with van der Waals surface area (Å²) >= 11 is 0. The average molecular weight is 380 g/mol. The Morgan fingerprint density at radius 1 is 1.15 bits per heavy atom. The van der Waals surface area contributed by atoms with Gasteiger partial charge in [-0.1, -0.05) is 30.3 Å². The van der Waals surface area contributed by atoms with Crippen molar-refractivity contribution in [1.29, 1.82) is 0 Å². The minimum atomic E-state index is -5.04. The lowest BCUT2D eigenvalue weighted by molar-refractivity contribution is -0.278. The first kappa shape index (κ1) is 18.8. The minimum absolute atomic E-state index is 0.229. The molecule has 0 saturated heterocycles. The number of rotatable bonds is 5. The Morgan fingerprint density at radius 3 is 2.48 bits per heavy atom. The Labute approximate surface area is 151 Å². The summed E-state index contributed by atoms with van der Waals surface area (Å²) < 4.78 is 52.9. The maximum absolute atomic E-state index is 13.9. The standard InChI is InChI=1S/C17H15F3N4O3/c1-11(13-8-9-21-15-22-10-23-24(13)15)27-14(25)16(26-2,17(18,19)20)12-6-4-3-5-7-12/h3-11H,1-2H3/t11-,16-/m0/s1. The molecule has 0 aliphatic carbocycles. The molecule has 0 fully saturated rings. The lowest BCUT2D eigenvalue weighted by Crippen LogP contribution is -2.51. The van der Waals surface area contributed by atoms with Crippen molar-refractivity contribution in [2.45, 2.75) is 24.8 Å². The van der Waals surface area contributed by atoms with Gasteiger partial charge in [-0.2, -0.15) is 27.8 Å². The predicted molar refractivity (Wildman–Crippen MR) is 86.5 cm³/mol. The highest BCUT2D eigenvalue weighted by molar-refractivity contribution is 5.83. The molecule has 2 atom stereocenters. The molecule has 0 unspecified atom stereocenters. The molecule has 3 aromatic rings. The zero-order chi connectivity index (χ0) is 19.7. The van der Waals surface area contributed by atoms with E-state index in [2.05, 4.69) is 15.1 Å². The molecule has 0 aliphatic rings. The van der Waals surface area contributed by atoms with Gasteiger partial charge >= 0.3 is 12.1 Å². The Hall–Kier alpha value is -3.01. The van der Waals surface area contributed by atoms with E-state index in [1.54, 1.807) is 0 Å². The van der Waals surface area contributed by atoms with Crippen molar-refractivity contribution >= 4 is 11.7 Å². The van der Waals surface area contributed by atoms with Gasteiger partial charge in [-0.25, -0.2) is 9.78 Å². The molecule has 0 aliphatic heterocycles. The van der Waals surface area contributed by atoms with Crippen LogP contribution >= 0.6 is 0 Å². The molecule has 0 saturated carbocycles. The molecular formula is C17H15F3N4O3. The number of nitrogens with zero attached hydrogens (tertiary/aromatic N) is 4. The van der Waals surface area contributed by atoms with Crippen LogP contribution in [0.25, 0.3) is 5.78 Å². The van der Waals surface area contributed by atoms with E-state index >= 15 is 0 Å². The lowest BCUT2D eigenvalue weighted by Gasteiger charge is -2.33. The number of methoxy groups -OCH3 is 1. The van der Waals surface area contributed by atoms with Crippen LogP contribution in [0.2, 0.25) is 0 Å². The van der Waals surface area contributed by atoms with Crippen molar-refractivity contribution < 1.29 is 27.4 Å². The first-order chi connectivity index (χ1) is 12.8. The highest BCUT2D eigenvalue weighted by Gasteiger charge is 2.64. The second kappa shape index (κ2) is 6.95. The van der Waals surface area contributed by atoms with Gasteiger partial charge in [0.25, 0.3) is 11.4 Å². The van der Waals surface area contributed by atoms with E-state index in [0.717, 1.165) is 19.2 Å². The van der Waals surface area contributed by atoms with Gasteiger partial charge in [0, 0.05) is 18.9 Å². The Kier molecular flexibility index (Phi) is 4.83. The van der Waals surface area contributed by atoms with E-state index in [-0.39, 0.29) is 11.3 Å². The first-order valence-corrected chi connectivity index (χ1v) is 7.84. The summed E-state index contributed by atoms with van der Waals surface area (Å²) in [4.78, 5) is 20.5. The number of carbonyl (C=O) groups excluding carboxylic acids is 1. The molecule has 142 valence electrons. The van der Waals surface area contributed by atoms with Crippen molar-refractivity contribution in [2.75, 3.05) is 7.11 Å². The fourth-order valence-corrected chi connectivity index (χ4v) is 2.76. The van der Waals surface area contributed by atoms with Gasteiger partial charge < -0.3 is 9.47 Å². The summed E-state index contributed by atoms with van der Waals surface area (Å²) in [5, 5.41) is 3.93. The molecule has 0 spiro atoms. The number of alkyl halides is 3. The maximum Gasteiger partial charge on any atom is 0.432 e. The van der Waals surface area contributed by atoms with Crippen LogP contribution in [0.4, 0.5) is 13.2 Å². The van der Waals surface area contributed by atoms with Crippen LogP contribution in [-0.2, 0) is 19.9 Å². The monoisotopic (exact) mass is 380 g/mol. The molecule has 1 aromatic carbocycles. The second-order valence-corrected chi connectivity index (χ2v) is 5.64. The molecule has 7 nitrogen and oxygen atoms in total. The minimum Gasteiger partial charge on any atom is -0.453 e. The van der Waals surface area contributed by atoms with Gasteiger partial charge in [0.15, 0.2) is 0 Å². The molecule has 0 amide bonds. The Morgan fingerprint density at radius 2 is 1.85 bits per heavy atom. The van der Waals surface area contributed by atoms with Crippen molar-refractivity contribution in [3.63, 3.8) is 0 Å². The summed E-state index contributed by atoms with van der Waals surface area (Å²) in [7, 11) is 0.814. The summed E-state index contributed by atoms with van der Waals surface area (Å²) in [6.07, 6.45) is -3.47. The van der Waals surface area contributed by atoms with E-state index < -0.39 is 23.9 Å². The Bertz CT molecular complexity index is 945. The van der Waals surface area contributed by atoms with Gasteiger partial charge in [-0.05, 0) is 13.0 Å². The number of hydrogen-bond donors (Lipinski definition) is 0. The highest BCUT2D eigenvalue weighted by Crippen LogP contribution is 2.43. The van der Waals surface area contributed by atoms with Gasteiger partial charge in [0.05, 0.1) is 5.69 Å². The van der Waals surface area contributed by atoms with E-state index in [9.17, 15) is 18.0 Å². The zero-order valence-electron chi connectivity index (χ0n) is 14.3. The van der Waals surface area contributed by atoms with Gasteiger partial charge in [0.1, 0.15) is 12.4 Å². The molecule has 27 heavy (non-hydrogen) atoms. The number of carbonyl (C=O) groups is 1. The highest BCUT2D eigenvalue weighted by atomic mass is 19.4. The lowest BCUT2D eigenvalue weighted by atomic mass is 9.92. The van der Waals surface area contributed by atoms with Crippen LogP contribution in [-0.4, -0.2) is 38.8 Å². The van der Waals surface area contributed by atoms with Crippen molar-refractivity contribution in [2.24, 2.45) is 0 Å². The predicted octanol–water partition coefficient (Wildman–Crippen LogP) is 2.83. The topological polar surface area (TPSA) is 78.6 Å². The average Bonchev–Trinajstić information content (AvgIpc) is 3.11. The number of aromatic nitrogens is 4. The zero-order valence-corrected chi connectivity index (χ0v) is 14.3. The van der Waals surface area contributed by atoms with E-state index in [1.807, 2.05) is 0 Å². The van der Waals surface area contributed by atoms with Crippen molar-refractivity contribution in [3.05, 3.63) is 60.2 Å². The van der Waals surface area contributed by atoms with Crippen LogP contribution in [0.1, 0.15) is 24.3 Å². The number of benzene rings is 1. The number of ether oxygens (including phenoxy) is 2. The molecule has 10 heteroatoms. The van der Waals surface area contributed by atoms with Gasteiger partial charge in [-0.15, -0.1) is 0 Å². The van der Waals surface area contributed by atoms with Crippen LogP contribution < -0.4 is 0 Å². The van der Waals surface area contributed by atoms with Gasteiger partial charge in [-0.3, -0.25) is 0 Å². The van der Waals surface area contributed by atoms with E-state index in [0.29, 0.717) is 5.69 Å². The molecular weight excluding hydrogens is 365 g/mol.